The van der Waals surface area contributed by atoms with Crippen molar-refractivity contribution in [2.24, 2.45) is 0 Å². The Morgan fingerprint density at radius 1 is 0.886 bits per heavy atom. The van der Waals surface area contributed by atoms with E-state index in [1.165, 1.54) is 31.5 Å². The maximum atomic E-state index is 12.7. The average Bonchev–Trinajstić information content (AvgIpc) is 3.82. The van der Waals surface area contributed by atoms with Gasteiger partial charge in [-0.3, -0.25) is 9.20 Å². The lowest BCUT2D eigenvalue weighted by atomic mass is 10.1. The number of pyridine rings is 1. The predicted octanol–water partition coefficient (Wildman–Crippen LogP) is 7.08. The maximum Gasteiger partial charge on any atom is 0.229 e. The third-order valence-corrected chi connectivity index (χ3v) is 8.74. The van der Waals surface area contributed by atoms with E-state index in [4.69, 9.17) is 9.97 Å². The van der Waals surface area contributed by atoms with Gasteiger partial charge in [0.1, 0.15) is 5.65 Å². The van der Waals surface area contributed by atoms with Gasteiger partial charge in [0.05, 0.1) is 23.5 Å². The molecule has 44 heavy (non-hydrogen) atoms. The number of aromatic nitrogens is 4. The highest BCUT2D eigenvalue weighted by molar-refractivity contribution is 7.10. The lowest BCUT2D eigenvalue weighted by Crippen LogP contribution is -2.21. The standard InChI is InChI=1S/C35H33N7OS/c43-32(24-29-12-7-21-44-29)37-28-11-6-9-26(23-28)33-34(42-19-2-1-13-31(42)40-33)30-14-16-36-35(39-30)38-27-10-5-8-25(22-27)15-20-41-17-3-4-18-41/h1-2,5-14,16,19,21-23H,3-4,15,17-18,20,24H2,(H,37,43)(H,36,38,39). The Labute approximate surface area is 260 Å². The van der Waals surface area contributed by atoms with Gasteiger partial charge in [-0.25, -0.2) is 15.0 Å². The van der Waals surface area contributed by atoms with Crippen LogP contribution < -0.4 is 10.6 Å². The van der Waals surface area contributed by atoms with Gasteiger partial charge in [-0.1, -0.05) is 36.4 Å². The second kappa shape index (κ2) is 12.8. The third-order valence-electron chi connectivity index (χ3n) is 7.86. The normalized spacial score (nSPS) is 13.4. The Balaban J connectivity index is 1.16. The van der Waals surface area contributed by atoms with Crippen molar-refractivity contribution < 1.29 is 4.79 Å². The van der Waals surface area contributed by atoms with E-state index in [1.807, 2.05) is 82.7 Å². The third kappa shape index (κ3) is 6.39. The number of fused-ring (bicyclic) bond motifs is 1. The largest absolute Gasteiger partial charge is 0.326 e. The van der Waals surface area contributed by atoms with Gasteiger partial charge in [0, 0.05) is 40.8 Å². The van der Waals surface area contributed by atoms with Crippen LogP contribution in [0.25, 0.3) is 28.3 Å². The van der Waals surface area contributed by atoms with Crippen LogP contribution in [0.4, 0.5) is 17.3 Å². The average molecular weight is 600 g/mol. The number of rotatable bonds is 10. The summed E-state index contributed by atoms with van der Waals surface area (Å²) in [5, 5.41) is 8.44. The molecule has 1 amide bonds. The molecule has 0 atom stereocenters. The number of benzene rings is 2. The molecule has 2 aromatic carbocycles. The smallest absolute Gasteiger partial charge is 0.229 e. The fourth-order valence-electron chi connectivity index (χ4n) is 5.74. The second-order valence-corrected chi connectivity index (χ2v) is 12.0. The van der Waals surface area contributed by atoms with Crippen molar-refractivity contribution in [2.75, 3.05) is 30.3 Å². The number of imidazole rings is 1. The van der Waals surface area contributed by atoms with E-state index in [0.717, 1.165) is 57.5 Å². The molecule has 6 aromatic rings. The molecular weight excluding hydrogens is 567 g/mol. The molecule has 0 unspecified atom stereocenters. The molecule has 0 saturated carbocycles. The van der Waals surface area contributed by atoms with Crippen molar-refractivity contribution in [2.45, 2.75) is 25.7 Å². The van der Waals surface area contributed by atoms with Gasteiger partial charge in [0.25, 0.3) is 0 Å². The molecule has 9 heteroatoms. The Hall–Kier alpha value is -4.86. The molecule has 7 rings (SSSR count). The summed E-state index contributed by atoms with van der Waals surface area (Å²) in [6, 6.07) is 28.1. The predicted molar refractivity (Wildman–Crippen MR) is 177 cm³/mol. The zero-order valence-corrected chi connectivity index (χ0v) is 25.1. The number of hydrogen-bond acceptors (Lipinski definition) is 7. The molecule has 1 aliphatic heterocycles. The number of nitrogens with zero attached hydrogens (tertiary/aromatic N) is 5. The van der Waals surface area contributed by atoms with E-state index < -0.39 is 0 Å². The first kappa shape index (κ1) is 27.9. The summed E-state index contributed by atoms with van der Waals surface area (Å²) in [4.78, 5) is 30.7. The van der Waals surface area contributed by atoms with E-state index in [9.17, 15) is 4.79 Å². The lowest BCUT2D eigenvalue weighted by Gasteiger charge is -2.14. The van der Waals surface area contributed by atoms with E-state index >= 15 is 0 Å². The maximum absolute atomic E-state index is 12.7. The second-order valence-electron chi connectivity index (χ2n) is 11.0. The Morgan fingerprint density at radius 3 is 2.66 bits per heavy atom. The van der Waals surface area contributed by atoms with Crippen LogP contribution in [0.15, 0.2) is 103 Å². The molecule has 4 aromatic heterocycles. The Bertz CT molecular complexity index is 1890. The van der Waals surface area contributed by atoms with Crippen LogP contribution >= 0.6 is 11.3 Å². The first-order valence-corrected chi connectivity index (χ1v) is 15.9. The van der Waals surface area contributed by atoms with Crippen LogP contribution in [0.2, 0.25) is 0 Å². The quantitative estimate of drug-likeness (QED) is 0.175. The summed E-state index contributed by atoms with van der Waals surface area (Å²) in [6.45, 7) is 3.50. The van der Waals surface area contributed by atoms with Crippen LogP contribution in [-0.4, -0.2) is 49.8 Å². The van der Waals surface area contributed by atoms with Crippen molar-refractivity contribution in [3.63, 3.8) is 0 Å². The molecule has 1 saturated heterocycles. The molecule has 1 aliphatic rings. The molecule has 1 fully saturated rings. The van der Waals surface area contributed by atoms with Crippen molar-refractivity contribution in [3.8, 4) is 22.6 Å². The summed E-state index contributed by atoms with van der Waals surface area (Å²) < 4.78 is 2.04. The monoisotopic (exact) mass is 599 g/mol. The number of amides is 1. The summed E-state index contributed by atoms with van der Waals surface area (Å²) in [5.41, 5.74) is 7.05. The van der Waals surface area contributed by atoms with E-state index in [0.29, 0.717) is 12.4 Å². The molecular formula is C35H33N7OS. The molecule has 8 nitrogen and oxygen atoms in total. The Kier molecular flexibility index (Phi) is 8.12. The van der Waals surface area contributed by atoms with E-state index in [1.54, 1.807) is 17.5 Å². The molecule has 0 aliphatic carbocycles. The fraction of sp³-hybridized carbons (Fsp3) is 0.200. The van der Waals surface area contributed by atoms with E-state index in [2.05, 4.69) is 38.7 Å². The first-order chi connectivity index (χ1) is 21.7. The van der Waals surface area contributed by atoms with Gasteiger partial charge in [0.15, 0.2) is 0 Å². The van der Waals surface area contributed by atoms with Crippen molar-refractivity contribution in [3.05, 3.63) is 113 Å². The van der Waals surface area contributed by atoms with Crippen LogP contribution in [-0.2, 0) is 17.6 Å². The van der Waals surface area contributed by atoms with Gasteiger partial charge in [-0.05, 0) is 91.8 Å². The number of hydrogen-bond donors (Lipinski definition) is 2. The summed E-state index contributed by atoms with van der Waals surface area (Å²) in [5.74, 6) is 0.470. The SMILES string of the molecule is O=C(Cc1cccs1)Nc1cccc(-c2nc3ccccn3c2-c2ccnc(Nc3cccc(CCN4CCCC4)c3)n2)c1. The zero-order valence-electron chi connectivity index (χ0n) is 24.3. The van der Waals surface area contributed by atoms with Crippen molar-refractivity contribution in [1.29, 1.82) is 0 Å². The molecule has 0 spiro atoms. The van der Waals surface area contributed by atoms with Crippen LogP contribution in [0.5, 0.6) is 0 Å². The minimum atomic E-state index is -0.0496. The first-order valence-electron chi connectivity index (χ1n) is 15.0. The van der Waals surface area contributed by atoms with Crippen LogP contribution in [0.3, 0.4) is 0 Å². The number of nitrogens with one attached hydrogen (secondary N) is 2. The summed E-state index contributed by atoms with van der Waals surface area (Å²) >= 11 is 1.58. The number of thiophene rings is 1. The number of anilines is 3. The van der Waals surface area contributed by atoms with Gasteiger partial charge in [0.2, 0.25) is 11.9 Å². The molecule has 0 radical (unpaired) electrons. The minimum Gasteiger partial charge on any atom is -0.326 e. The minimum absolute atomic E-state index is 0.0496. The topological polar surface area (TPSA) is 87.5 Å². The number of carbonyl (C=O) groups excluding carboxylic acids is 1. The summed E-state index contributed by atoms with van der Waals surface area (Å²) in [6.07, 6.45) is 7.75. The fourth-order valence-corrected chi connectivity index (χ4v) is 6.44. The van der Waals surface area contributed by atoms with Gasteiger partial charge < -0.3 is 15.5 Å². The zero-order chi connectivity index (χ0) is 29.7. The highest BCUT2D eigenvalue weighted by Gasteiger charge is 2.19. The van der Waals surface area contributed by atoms with Crippen LogP contribution in [0, 0.1) is 0 Å². The van der Waals surface area contributed by atoms with Crippen LogP contribution in [0.1, 0.15) is 23.3 Å². The van der Waals surface area contributed by atoms with Gasteiger partial charge in [-0.15, -0.1) is 11.3 Å². The number of likely N-dealkylation sites (tertiary alicyclic amines) is 1. The molecule has 5 heterocycles. The highest BCUT2D eigenvalue weighted by Crippen LogP contribution is 2.33. The number of carbonyl (C=O) groups is 1. The lowest BCUT2D eigenvalue weighted by molar-refractivity contribution is -0.115. The summed E-state index contributed by atoms with van der Waals surface area (Å²) in [7, 11) is 0. The van der Waals surface area contributed by atoms with Crippen molar-refractivity contribution >= 4 is 40.2 Å². The van der Waals surface area contributed by atoms with Gasteiger partial charge >= 0.3 is 0 Å². The van der Waals surface area contributed by atoms with Gasteiger partial charge in [-0.2, -0.15) is 0 Å². The molecule has 220 valence electrons. The molecule has 0 bridgehead atoms. The van der Waals surface area contributed by atoms with Crippen molar-refractivity contribution in [1.82, 2.24) is 24.3 Å². The van der Waals surface area contributed by atoms with E-state index in [-0.39, 0.29) is 5.91 Å². The highest BCUT2D eigenvalue weighted by atomic mass is 32.1. The molecule has 2 N–H and O–H groups in total. The Morgan fingerprint density at radius 2 is 1.77 bits per heavy atom.